The van der Waals surface area contributed by atoms with Gasteiger partial charge in [0.1, 0.15) is 28.4 Å². The zero-order chi connectivity index (χ0) is 30.2. The third-order valence-corrected chi connectivity index (χ3v) is 6.41. The zero-order valence-electron chi connectivity index (χ0n) is 22.7. The molecule has 216 valence electrons. The summed E-state index contributed by atoms with van der Waals surface area (Å²) < 4.78 is 0. The maximum absolute atomic E-state index is 12.1. The van der Waals surface area contributed by atoms with Gasteiger partial charge in [-0.25, -0.2) is 9.97 Å². The molecule has 0 aliphatic carbocycles. The van der Waals surface area contributed by atoms with Crippen LogP contribution < -0.4 is 16.1 Å². The molecule has 6 N–H and O–H groups in total. The maximum Gasteiger partial charge on any atom is 0.269 e. The predicted octanol–water partition coefficient (Wildman–Crippen LogP) is 3.19. The summed E-state index contributed by atoms with van der Waals surface area (Å²) in [5, 5.41) is 26.2. The summed E-state index contributed by atoms with van der Waals surface area (Å²) in [4.78, 5) is 54.2. The van der Waals surface area contributed by atoms with Gasteiger partial charge >= 0.3 is 0 Å². The number of aromatic nitrogens is 5. The average Bonchev–Trinajstić information content (AvgIpc) is 3.55. The monoisotopic (exact) mass is 577 g/mol. The summed E-state index contributed by atoms with van der Waals surface area (Å²) in [6, 6.07) is 19.8. The number of aromatic hydroxyl groups is 2. The minimum Gasteiger partial charge on any atom is -0.506 e. The minimum atomic E-state index is -0.437. The highest BCUT2D eigenvalue weighted by Gasteiger charge is 2.12. The molecule has 0 bridgehead atoms. The third-order valence-electron chi connectivity index (χ3n) is 6.41. The molecule has 0 radical (unpaired) electrons. The Labute approximate surface area is 244 Å². The summed E-state index contributed by atoms with van der Waals surface area (Å²) in [6.07, 6.45) is 5.63. The first-order valence-corrected chi connectivity index (χ1v) is 13.3. The molecule has 2 aromatic carbocycles. The standard InChI is InChI=1S/C16H13N3O3.C15H14N4O2/c20-13-6-3-5-11-14(21)8-12(19-15(11)13)16(22)18-9-10-4-1-2-7-17-10;20-13-3-1-2-10-4-5-12(19-14(10)13)15(21)17-7-6-11-8-16-9-18-11/h1-8,20H,9H2,(H,18,22)(H,19,21);1-5,8-9,20H,6-7H2,(H,16,18)(H,17,21). The number of fused-ring (bicyclic) bond motifs is 2. The van der Waals surface area contributed by atoms with E-state index in [1.807, 2.05) is 12.1 Å². The van der Waals surface area contributed by atoms with E-state index in [1.165, 1.54) is 12.1 Å². The Balaban J connectivity index is 0.000000171. The van der Waals surface area contributed by atoms with E-state index in [0.717, 1.165) is 11.1 Å². The number of hydrogen-bond acceptors (Lipinski definition) is 8. The first-order valence-electron chi connectivity index (χ1n) is 13.3. The fourth-order valence-electron chi connectivity index (χ4n) is 4.23. The molecule has 4 aromatic heterocycles. The Morgan fingerprint density at radius 1 is 0.884 bits per heavy atom. The van der Waals surface area contributed by atoms with E-state index in [-0.39, 0.29) is 46.3 Å². The number of benzene rings is 2. The second-order valence-corrected chi connectivity index (χ2v) is 9.38. The zero-order valence-corrected chi connectivity index (χ0v) is 22.7. The Morgan fingerprint density at radius 3 is 2.51 bits per heavy atom. The van der Waals surface area contributed by atoms with Crippen LogP contribution in [0.5, 0.6) is 11.5 Å². The van der Waals surface area contributed by atoms with Crippen LogP contribution in [0, 0.1) is 0 Å². The summed E-state index contributed by atoms with van der Waals surface area (Å²) >= 11 is 0. The molecule has 0 saturated heterocycles. The molecule has 0 aliphatic heterocycles. The van der Waals surface area contributed by atoms with Crippen molar-refractivity contribution in [3.63, 3.8) is 0 Å². The minimum absolute atomic E-state index is 0.0691. The first-order chi connectivity index (χ1) is 20.9. The van der Waals surface area contributed by atoms with Gasteiger partial charge in [-0.2, -0.15) is 0 Å². The van der Waals surface area contributed by atoms with Crippen molar-refractivity contribution >= 4 is 33.6 Å². The number of aromatic amines is 2. The van der Waals surface area contributed by atoms with Crippen LogP contribution in [0.25, 0.3) is 21.8 Å². The van der Waals surface area contributed by atoms with Crippen LogP contribution in [-0.2, 0) is 13.0 Å². The molecule has 0 aliphatic rings. The third kappa shape index (κ3) is 7.00. The first kappa shape index (κ1) is 28.5. The van der Waals surface area contributed by atoms with Gasteiger partial charge in [0.05, 0.1) is 24.1 Å². The molecule has 6 rings (SSSR count). The Bertz CT molecular complexity index is 1940. The smallest absolute Gasteiger partial charge is 0.269 e. The van der Waals surface area contributed by atoms with E-state index in [4.69, 9.17) is 0 Å². The lowest BCUT2D eigenvalue weighted by Crippen LogP contribution is -2.26. The molecule has 12 nitrogen and oxygen atoms in total. The van der Waals surface area contributed by atoms with Crippen LogP contribution in [0.2, 0.25) is 0 Å². The van der Waals surface area contributed by atoms with Crippen LogP contribution >= 0.6 is 0 Å². The number of imidazole rings is 1. The number of phenols is 2. The van der Waals surface area contributed by atoms with E-state index < -0.39 is 5.91 Å². The number of nitrogens with zero attached hydrogens (tertiary/aromatic N) is 3. The Morgan fingerprint density at radius 2 is 1.72 bits per heavy atom. The lowest BCUT2D eigenvalue weighted by Gasteiger charge is -2.07. The van der Waals surface area contributed by atoms with Crippen LogP contribution in [0.1, 0.15) is 32.4 Å². The van der Waals surface area contributed by atoms with Crippen LogP contribution in [0.4, 0.5) is 0 Å². The number of H-pyrrole nitrogens is 2. The molecule has 43 heavy (non-hydrogen) atoms. The fourth-order valence-corrected chi connectivity index (χ4v) is 4.23. The highest BCUT2D eigenvalue weighted by Crippen LogP contribution is 2.22. The molecule has 0 saturated carbocycles. The summed E-state index contributed by atoms with van der Waals surface area (Å²) in [5.41, 5.74) is 2.40. The topological polar surface area (TPSA) is 186 Å². The number of carbonyl (C=O) groups excluding carboxylic acids is 2. The van der Waals surface area contributed by atoms with Crippen molar-refractivity contribution < 1.29 is 19.8 Å². The van der Waals surface area contributed by atoms with E-state index in [0.29, 0.717) is 29.6 Å². The van der Waals surface area contributed by atoms with Gasteiger partial charge in [0.2, 0.25) is 0 Å². The van der Waals surface area contributed by atoms with Crippen molar-refractivity contribution in [2.45, 2.75) is 13.0 Å². The van der Waals surface area contributed by atoms with Gasteiger partial charge < -0.3 is 30.8 Å². The fraction of sp³-hybridized carbons (Fsp3) is 0.0968. The van der Waals surface area contributed by atoms with Gasteiger partial charge in [0, 0.05) is 47.9 Å². The maximum atomic E-state index is 12.1. The summed E-state index contributed by atoms with van der Waals surface area (Å²) in [6.45, 7) is 0.738. The van der Waals surface area contributed by atoms with E-state index in [1.54, 1.807) is 67.3 Å². The normalized spacial score (nSPS) is 10.6. The van der Waals surface area contributed by atoms with E-state index in [2.05, 4.69) is 35.6 Å². The molecule has 0 unspecified atom stereocenters. The summed E-state index contributed by atoms with van der Waals surface area (Å²) in [7, 11) is 0. The van der Waals surface area contributed by atoms with Crippen molar-refractivity contribution in [3.8, 4) is 11.5 Å². The quantitative estimate of drug-likeness (QED) is 0.167. The van der Waals surface area contributed by atoms with Crippen molar-refractivity contribution in [1.82, 2.24) is 35.6 Å². The molecule has 6 aromatic rings. The van der Waals surface area contributed by atoms with Gasteiger partial charge in [-0.05, 0) is 36.4 Å². The van der Waals surface area contributed by atoms with Crippen LogP contribution in [-0.4, -0.2) is 53.5 Å². The number of hydrogen-bond donors (Lipinski definition) is 6. The highest BCUT2D eigenvalue weighted by atomic mass is 16.3. The van der Waals surface area contributed by atoms with Crippen molar-refractivity contribution in [2.75, 3.05) is 6.54 Å². The second-order valence-electron chi connectivity index (χ2n) is 9.38. The molecule has 4 heterocycles. The number of phenolic OH excluding ortho intramolecular Hbond substituents is 2. The number of pyridine rings is 3. The van der Waals surface area contributed by atoms with Crippen molar-refractivity contribution in [3.05, 3.63) is 125 Å². The van der Waals surface area contributed by atoms with Gasteiger partial charge in [-0.3, -0.25) is 19.4 Å². The molecule has 0 atom stereocenters. The van der Waals surface area contributed by atoms with Gasteiger partial charge in [0.15, 0.2) is 5.43 Å². The highest BCUT2D eigenvalue weighted by molar-refractivity contribution is 5.96. The number of nitrogens with one attached hydrogen (secondary N) is 4. The second kappa shape index (κ2) is 13.1. The Kier molecular flexibility index (Phi) is 8.67. The molecule has 0 fully saturated rings. The van der Waals surface area contributed by atoms with E-state index in [9.17, 15) is 24.6 Å². The van der Waals surface area contributed by atoms with Gasteiger partial charge in [-0.15, -0.1) is 0 Å². The molecule has 12 heteroatoms. The predicted molar refractivity (Wildman–Crippen MR) is 160 cm³/mol. The van der Waals surface area contributed by atoms with E-state index >= 15 is 0 Å². The number of rotatable bonds is 7. The Hall–Kier alpha value is -6.04. The molecular formula is C31H27N7O5. The molecule has 2 amide bonds. The largest absolute Gasteiger partial charge is 0.506 e. The number of carbonyl (C=O) groups is 2. The molecule has 0 spiro atoms. The van der Waals surface area contributed by atoms with Crippen LogP contribution in [0.3, 0.4) is 0 Å². The average molecular weight is 578 g/mol. The lowest BCUT2D eigenvalue weighted by atomic mass is 10.1. The lowest BCUT2D eigenvalue weighted by molar-refractivity contribution is 0.0939. The number of para-hydroxylation sites is 2. The SMILES string of the molecule is O=C(NCCc1cnc[nH]1)c1ccc2cccc(O)c2n1.O=C(NCc1ccccn1)c1cc(=O)c2cccc(O)c2[nH]1. The van der Waals surface area contributed by atoms with Crippen molar-refractivity contribution in [2.24, 2.45) is 0 Å². The van der Waals surface area contributed by atoms with Crippen LogP contribution in [0.15, 0.2) is 96.3 Å². The van der Waals surface area contributed by atoms with Crippen molar-refractivity contribution in [1.29, 1.82) is 0 Å². The molecular weight excluding hydrogens is 550 g/mol. The van der Waals surface area contributed by atoms with Gasteiger partial charge in [0.25, 0.3) is 11.8 Å². The van der Waals surface area contributed by atoms with Gasteiger partial charge in [-0.1, -0.05) is 30.3 Å². The summed E-state index contributed by atoms with van der Waals surface area (Å²) in [5.74, 6) is -0.707. The number of amides is 2.